The molecule has 0 aliphatic rings. The van der Waals surface area contributed by atoms with Crippen LogP contribution >= 0.6 is 0 Å². The average molecular weight is 255 g/mol. The SMILES string of the molecule is CCCNc1cncc(N(CC)c2ccccc2)c1. The van der Waals surface area contributed by atoms with E-state index in [0.29, 0.717) is 0 Å². The van der Waals surface area contributed by atoms with Crippen molar-refractivity contribution in [2.45, 2.75) is 20.3 Å². The third kappa shape index (κ3) is 3.47. The molecular formula is C16H21N3. The van der Waals surface area contributed by atoms with Crippen molar-refractivity contribution in [3.8, 4) is 0 Å². The minimum atomic E-state index is 0.920. The molecule has 3 nitrogen and oxygen atoms in total. The van der Waals surface area contributed by atoms with Crippen LogP contribution in [0.5, 0.6) is 0 Å². The molecule has 0 atom stereocenters. The maximum Gasteiger partial charge on any atom is 0.0617 e. The molecule has 19 heavy (non-hydrogen) atoms. The van der Waals surface area contributed by atoms with Crippen LogP contribution in [0.1, 0.15) is 20.3 Å². The van der Waals surface area contributed by atoms with Crippen LogP contribution in [0.2, 0.25) is 0 Å². The van der Waals surface area contributed by atoms with Gasteiger partial charge in [0.2, 0.25) is 0 Å². The number of pyridine rings is 1. The smallest absolute Gasteiger partial charge is 0.0617 e. The molecule has 1 aromatic carbocycles. The lowest BCUT2D eigenvalue weighted by Gasteiger charge is -2.23. The van der Waals surface area contributed by atoms with Crippen LogP contribution in [0.3, 0.4) is 0 Å². The summed E-state index contributed by atoms with van der Waals surface area (Å²) in [6, 6.07) is 12.6. The zero-order valence-corrected chi connectivity index (χ0v) is 11.6. The van der Waals surface area contributed by atoms with E-state index in [4.69, 9.17) is 0 Å². The molecule has 0 aliphatic carbocycles. The average Bonchev–Trinajstić information content (AvgIpc) is 2.47. The van der Waals surface area contributed by atoms with Gasteiger partial charge in [-0.2, -0.15) is 0 Å². The molecule has 0 bridgehead atoms. The van der Waals surface area contributed by atoms with Crippen molar-refractivity contribution in [1.82, 2.24) is 4.98 Å². The van der Waals surface area contributed by atoms with Gasteiger partial charge < -0.3 is 10.2 Å². The lowest BCUT2D eigenvalue weighted by atomic mass is 10.2. The molecule has 0 radical (unpaired) electrons. The van der Waals surface area contributed by atoms with Crippen molar-refractivity contribution in [2.24, 2.45) is 0 Å². The van der Waals surface area contributed by atoms with Crippen LogP contribution in [0.4, 0.5) is 17.1 Å². The molecule has 0 saturated heterocycles. The van der Waals surface area contributed by atoms with E-state index < -0.39 is 0 Å². The summed E-state index contributed by atoms with van der Waals surface area (Å²) in [7, 11) is 0. The Balaban J connectivity index is 2.23. The summed E-state index contributed by atoms with van der Waals surface area (Å²) in [5, 5.41) is 3.38. The minimum absolute atomic E-state index is 0.920. The summed E-state index contributed by atoms with van der Waals surface area (Å²) < 4.78 is 0. The predicted molar refractivity (Wildman–Crippen MR) is 82.1 cm³/mol. The highest BCUT2D eigenvalue weighted by molar-refractivity contribution is 5.65. The van der Waals surface area contributed by atoms with Crippen LogP contribution in [0, 0.1) is 0 Å². The standard InChI is InChI=1S/C16H21N3/c1-3-10-18-14-11-16(13-17-12-14)19(4-2)15-8-6-5-7-9-15/h5-9,11-13,18H,3-4,10H2,1-2H3. The fourth-order valence-electron chi connectivity index (χ4n) is 2.06. The van der Waals surface area contributed by atoms with Gasteiger partial charge in [0, 0.05) is 18.8 Å². The number of nitrogens with zero attached hydrogens (tertiary/aromatic N) is 2. The number of hydrogen-bond donors (Lipinski definition) is 1. The first-order valence-corrected chi connectivity index (χ1v) is 6.86. The molecule has 1 N–H and O–H groups in total. The lowest BCUT2D eigenvalue weighted by molar-refractivity contribution is 0.973. The van der Waals surface area contributed by atoms with Gasteiger partial charge in [-0.3, -0.25) is 4.98 Å². The van der Waals surface area contributed by atoms with Crippen molar-refractivity contribution in [2.75, 3.05) is 23.3 Å². The number of hydrogen-bond acceptors (Lipinski definition) is 3. The minimum Gasteiger partial charge on any atom is -0.384 e. The van der Waals surface area contributed by atoms with Gasteiger partial charge in [-0.15, -0.1) is 0 Å². The second-order valence-electron chi connectivity index (χ2n) is 4.44. The monoisotopic (exact) mass is 255 g/mol. The maximum atomic E-state index is 4.33. The van der Waals surface area contributed by atoms with E-state index >= 15 is 0 Å². The highest BCUT2D eigenvalue weighted by atomic mass is 15.1. The van der Waals surface area contributed by atoms with E-state index in [1.165, 1.54) is 5.69 Å². The molecule has 2 aromatic rings. The molecule has 100 valence electrons. The summed E-state index contributed by atoms with van der Waals surface area (Å²) in [4.78, 5) is 6.58. The van der Waals surface area contributed by atoms with Crippen molar-refractivity contribution in [3.05, 3.63) is 48.8 Å². The summed E-state index contributed by atoms with van der Waals surface area (Å²) in [6.07, 6.45) is 4.89. The highest BCUT2D eigenvalue weighted by Crippen LogP contribution is 2.25. The normalized spacial score (nSPS) is 10.2. The molecule has 0 unspecified atom stereocenters. The molecule has 0 fully saturated rings. The summed E-state index contributed by atoms with van der Waals surface area (Å²) in [5.41, 5.74) is 3.39. The fourth-order valence-corrected chi connectivity index (χ4v) is 2.06. The molecule has 1 heterocycles. The Morgan fingerprint density at radius 3 is 2.53 bits per heavy atom. The maximum absolute atomic E-state index is 4.33. The Labute approximate surface area is 115 Å². The Morgan fingerprint density at radius 1 is 1.05 bits per heavy atom. The summed E-state index contributed by atoms with van der Waals surface area (Å²) in [5.74, 6) is 0. The van der Waals surface area contributed by atoms with Gasteiger partial charge in [0.15, 0.2) is 0 Å². The zero-order valence-electron chi connectivity index (χ0n) is 11.6. The Hall–Kier alpha value is -2.03. The quantitative estimate of drug-likeness (QED) is 0.843. The van der Waals surface area contributed by atoms with Crippen LogP contribution < -0.4 is 10.2 Å². The first kappa shape index (κ1) is 13.4. The molecule has 2 rings (SSSR count). The van der Waals surface area contributed by atoms with Gasteiger partial charge in [-0.1, -0.05) is 25.1 Å². The highest BCUT2D eigenvalue weighted by Gasteiger charge is 2.07. The Bertz CT molecular complexity index is 496. The number of benzene rings is 1. The van der Waals surface area contributed by atoms with Crippen molar-refractivity contribution < 1.29 is 0 Å². The Morgan fingerprint density at radius 2 is 1.84 bits per heavy atom. The van der Waals surface area contributed by atoms with Crippen molar-refractivity contribution in [1.29, 1.82) is 0 Å². The summed E-state index contributed by atoms with van der Waals surface area (Å²) in [6.45, 7) is 6.21. The largest absolute Gasteiger partial charge is 0.384 e. The van der Waals surface area contributed by atoms with E-state index in [1.807, 2.05) is 18.5 Å². The van der Waals surface area contributed by atoms with Gasteiger partial charge in [0.1, 0.15) is 0 Å². The lowest BCUT2D eigenvalue weighted by Crippen LogP contribution is -2.16. The van der Waals surface area contributed by atoms with Crippen LogP contribution in [-0.2, 0) is 0 Å². The van der Waals surface area contributed by atoms with Crippen LogP contribution in [0.15, 0.2) is 48.8 Å². The fraction of sp³-hybridized carbons (Fsp3) is 0.312. The number of anilines is 3. The second-order valence-corrected chi connectivity index (χ2v) is 4.44. The molecule has 1 aromatic heterocycles. The molecule has 0 aliphatic heterocycles. The molecular weight excluding hydrogens is 234 g/mol. The summed E-state index contributed by atoms with van der Waals surface area (Å²) >= 11 is 0. The molecule has 0 spiro atoms. The zero-order chi connectivity index (χ0) is 13.5. The van der Waals surface area contributed by atoms with E-state index in [2.05, 4.69) is 59.4 Å². The number of aromatic nitrogens is 1. The van der Waals surface area contributed by atoms with Gasteiger partial charge in [-0.25, -0.2) is 0 Å². The van der Waals surface area contributed by atoms with Crippen molar-refractivity contribution >= 4 is 17.1 Å². The first-order valence-electron chi connectivity index (χ1n) is 6.86. The first-order chi connectivity index (χ1) is 9.35. The van der Waals surface area contributed by atoms with E-state index in [-0.39, 0.29) is 0 Å². The van der Waals surface area contributed by atoms with Gasteiger partial charge in [-0.05, 0) is 31.5 Å². The van der Waals surface area contributed by atoms with Crippen LogP contribution in [-0.4, -0.2) is 18.1 Å². The van der Waals surface area contributed by atoms with E-state index in [1.54, 1.807) is 0 Å². The number of rotatable bonds is 6. The number of nitrogens with one attached hydrogen (secondary N) is 1. The van der Waals surface area contributed by atoms with Gasteiger partial charge >= 0.3 is 0 Å². The molecule has 3 heteroatoms. The van der Waals surface area contributed by atoms with Gasteiger partial charge in [0.05, 0.1) is 23.8 Å². The predicted octanol–water partition coefficient (Wildman–Crippen LogP) is 4.06. The second kappa shape index (κ2) is 6.78. The Kier molecular flexibility index (Phi) is 4.78. The van der Waals surface area contributed by atoms with Crippen molar-refractivity contribution in [3.63, 3.8) is 0 Å². The molecule has 0 amide bonds. The topological polar surface area (TPSA) is 28.2 Å². The number of para-hydroxylation sites is 1. The van der Waals surface area contributed by atoms with E-state index in [9.17, 15) is 0 Å². The van der Waals surface area contributed by atoms with Gasteiger partial charge in [0.25, 0.3) is 0 Å². The van der Waals surface area contributed by atoms with E-state index in [0.717, 1.165) is 30.9 Å². The van der Waals surface area contributed by atoms with Crippen LogP contribution in [0.25, 0.3) is 0 Å². The molecule has 0 saturated carbocycles. The third-order valence-corrected chi connectivity index (χ3v) is 3.00. The third-order valence-electron chi connectivity index (χ3n) is 3.00.